The van der Waals surface area contributed by atoms with Crippen LogP contribution in [0, 0.1) is 6.92 Å². The van der Waals surface area contributed by atoms with Crippen LogP contribution in [-0.2, 0) is 0 Å². The second-order valence-corrected chi connectivity index (χ2v) is 4.57. The van der Waals surface area contributed by atoms with E-state index in [0.717, 1.165) is 11.1 Å². The summed E-state index contributed by atoms with van der Waals surface area (Å²) in [5, 5.41) is 3.96. The highest BCUT2D eigenvalue weighted by Gasteiger charge is 2.17. The molecule has 3 rings (SSSR count). The van der Waals surface area contributed by atoms with Gasteiger partial charge in [0.25, 0.3) is 0 Å². The summed E-state index contributed by atoms with van der Waals surface area (Å²) in [6.45, 7) is 2.00. The Balaban J connectivity index is 2.22. The van der Waals surface area contributed by atoms with Crippen molar-refractivity contribution in [3.8, 4) is 22.5 Å². The molecule has 0 aliphatic rings. The molecule has 0 saturated carbocycles. The number of rotatable bonds is 2. The lowest BCUT2D eigenvalue weighted by atomic mass is 10.0. The maximum atomic E-state index is 11.4. The second-order valence-electron chi connectivity index (χ2n) is 4.57. The first kappa shape index (κ1) is 12.2. The molecule has 0 spiro atoms. The molecular formula is C15H13N3O2. The van der Waals surface area contributed by atoms with Crippen molar-refractivity contribution in [2.24, 2.45) is 0 Å². The van der Waals surface area contributed by atoms with Gasteiger partial charge in [-0.2, -0.15) is 0 Å². The number of anilines is 1. The third-order valence-electron chi connectivity index (χ3n) is 3.05. The highest BCUT2D eigenvalue weighted by molar-refractivity contribution is 5.85. The van der Waals surface area contributed by atoms with Gasteiger partial charge in [-0.3, -0.25) is 4.79 Å². The minimum atomic E-state index is -0.195. The van der Waals surface area contributed by atoms with Gasteiger partial charge >= 0.3 is 0 Å². The third-order valence-corrected chi connectivity index (χ3v) is 3.05. The van der Waals surface area contributed by atoms with Crippen LogP contribution in [0.15, 0.2) is 51.8 Å². The summed E-state index contributed by atoms with van der Waals surface area (Å²) >= 11 is 0. The van der Waals surface area contributed by atoms with Crippen LogP contribution in [0.3, 0.4) is 0 Å². The van der Waals surface area contributed by atoms with E-state index >= 15 is 0 Å². The van der Waals surface area contributed by atoms with Crippen LogP contribution < -0.4 is 11.3 Å². The number of nitrogens with two attached hydrogens (primary N) is 1. The zero-order valence-electron chi connectivity index (χ0n) is 10.9. The van der Waals surface area contributed by atoms with E-state index in [1.807, 2.05) is 31.2 Å². The van der Waals surface area contributed by atoms with Crippen LogP contribution >= 0.6 is 0 Å². The molecule has 20 heavy (non-hydrogen) atoms. The van der Waals surface area contributed by atoms with Crippen LogP contribution in [-0.4, -0.2) is 10.1 Å². The lowest BCUT2D eigenvalue weighted by Gasteiger charge is -2.03. The Morgan fingerprint density at radius 3 is 2.75 bits per heavy atom. The number of nitrogens with zero attached hydrogens (tertiary/aromatic N) is 1. The van der Waals surface area contributed by atoms with Crippen LogP contribution in [0.2, 0.25) is 0 Å². The van der Waals surface area contributed by atoms with Gasteiger partial charge in [-0.05, 0) is 18.6 Å². The summed E-state index contributed by atoms with van der Waals surface area (Å²) in [5.41, 5.74) is 9.50. The van der Waals surface area contributed by atoms with Crippen molar-refractivity contribution in [3.05, 3.63) is 58.4 Å². The first-order valence-electron chi connectivity index (χ1n) is 6.17. The molecule has 0 fully saturated rings. The fourth-order valence-corrected chi connectivity index (χ4v) is 2.15. The average molecular weight is 267 g/mol. The summed E-state index contributed by atoms with van der Waals surface area (Å²) in [7, 11) is 0. The SMILES string of the molecule is Cc1cccc(-c2c(-c3cccc(=O)[nH]3)noc2N)c1. The Bertz CT molecular complexity index is 818. The quantitative estimate of drug-likeness (QED) is 0.747. The van der Waals surface area contributed by atoms with Gasteiger partial charge in [0, 0.05) is 6.07 Å². The number of nitrogen functional groups attached to an aromatic ring is 1. The zero-order valence-corrected chi connectivity index (χ0v) is 10.9. The molecule has 0 bridgehead atoms. The molecule has 1 aromatic carbocycles. The van der Waals surface area contributed by atoms with Gasteiger partial charge in [0.15, 0.2) is 0 Å². The van der Waals surface area contributed by atoms with E-state index in [1.54, 1.807) is 12.1 Å². The topological polar surface area (TPSA) is 84.9 Å². The Morgan fingerprint density at radius 2 is 2.00 bits per heavy atom. The van der Waals surface area contributed by atoms with Gasteiger partial charge in [-0.15, -0.1) is 0 Å². The van der Waals surface area contributed by atoms with Gasteiger partial charge in [-0.25, -0.2) is 0 Å². The Morgan fingerprint density at radius 1 is 1.20 bits per heavy atom. The lowest BCUT2D eigenvalue weighted by Crippen LogP contribution is -2.04. The summed E-state index contributed by atoms with van der Waals surface area (Å²) in [6, 6.07) is 12.7. The first-order chi connectivity index (χ1) is 9.65. The van der Waals surface area contributed by atoms with Crippen molar-refractivity contribution >= 4 is 5.88 Å². The van der Waals surface area contributed by atoms with E-state index in [2.05, 4.69) is 10.1 Å². The van der Waals surface area contributed by atoms with Crippen LogP contribution in [0.4, 0.5) is 5.88 Å². The van der Waals surface area contributed by atoms with Gasteiger partial charge in [0.2, 0.25) is 11.4 Å². The fraction of sp³-hybridized carbons (Fsp3) is 0.0667. The molecule has 0 saturated heterocycles. The molecule has 100 valence electrons. The minimum Gasteiger partial charge on any atom is -0.367 e. The summed E-state index contributed by atoms with van der Waals surface area (Å²) in [6.07, 6.45) is 0. The number of pyridine rings is 1. The van der Waals surface area contributed by atoms with Crippen molar-refractivity contribution in [2.75, 3.05) is 5.73 Å². The molecule has 0 radical (unpaired) electrons. The first-order valence-corrected chi connectivity index (χ1v) is 6.17. The minimum absolute atomic E-state index is 0.195. The number of hydrogen-bond acceptors (Lipinski definition) is 4. The van der Waals surface area contributed by atoms with Crippen molar-refractivity contribution in [1.82, 2.24) is 10.1 Å². The number of benzene rings is 1. The number of aromatic amines is 1. The Labute approximate surface area is 115 Å². The molecular weight excluding hydrogens is 254 g/mol. The lowest BCUT2D eigenvalue weighted by molar-refractivity contribution is 0.439. The Hall–Kier alpha value is -2.82. The van der Waals surface area contributed by atoms with E-state index in [1.165, 1.54) is 6.07 Å². The molecule has 3 N–H and O–H groups in total. The van der Waals surface area contributed by atoms with Crippen molar-refractivity contribution < 1.29 is 4.52 Å². The average Bonchev–Trinajstić information content (AvgIpc) is 2.80. The molecule has 2 heterocycles. The fourth-order valence-electron chi connectivity index (χ4n) is 2.15. The molecule has 0 amide bonds. The van der Waals surface area contributed by atoms with Crippen LogP contribution in [0.25, 0.3) is 22.5 Å². The van der Waals surface area contributed by atoms with Crippen molar-refractivity contribution in [3.63, 3.8) is 0 Å². The number of aryl methyl sites for hydroxylation is 1. The molecule has 0 unspecified atom stereocenters. The molecule has 5 nitrogen and oxygen atoms in total. The summed E-state index contributed by atoms with van der Waals surface area (Å²) in [5.74, 6) is 0.232. The van der Waals surface area contributed by atoms with E-state index in [9.17, 15) is 4.79 Å². The number of nitrogens with one attached hydrogen (secondary N) is 1. The zero-order chi connectivity index (χ0) is 14.1. The van der Waals surface area contributed by atoms with Crippen LogP contribution in [0.5, 0.6) is 0 Å². The number of hydrogen-bond donors (Lipinski definition) is 2. The van der Waals surface area contributed by atoms with Crippen molar-refractivity contribution in [1.29, 1.82) is 0 Å². The maximum absolute atomic E-state index is 11.4. The van der Waals surface area contributed by atoms with Crippen LogP contribution in [0.1, 0.15) is 5.56 Å². The smallest absolute Gasteiger partial charge is 0.248 e. The standard InChI is InChI=1S/C15H13N3O2/c1-9-4-2-5-10(8-9)13-14(18-20-15(13)16)11-6-3-7-12(19)17-11/h2-8H,16H2,1H3,(H,17,19). The predicted molar refractivity (Wildman–Crippen MR) is 77.1 cm³/mol. The second kappa shape index (κ2) is 4.70. The number of aromatic nitrogens is 2. The third kappa shape index (κ3) is 2.09. The largest absolute Gasteiger partial charge is 0.367 e. The van der Waals surface area contributed by atoms with E-state index in [0.29, 0.717) is 17.0 Å². The number of H-pyrrole nitrogens is 1. The molecule has 5 heteroatoms. The molecule has 0 aliphatic carbocycles. The molecule has 2 aromatic heterocycles. The Kier molecular flexibility index (Phi) is 2.87. The predicted octanol–water partition coefficient (Wildman–Crippen LogP) is 2.59. The van der Waals surface area contributed by atoms with E-state index in [4.69, 9.17) is 10.3 Å². The van der Waals surface area contributed by atoms with Gasteiger partial charge in [0.05, 0.1) is 11.3 Å². The van der Waals surface area contributed by atoms with E-state index < -0.39 is 0 Å². The van der Waals surface area contributed by atoms with Gasteiger partial charge < -0.3 is 15.2 Å². The molecule has 0 aliphatic heterocycles. The normalized spacial score (nSPS) is 10.7. The highest BCUT2D eigenvalue weighted by Crippen LogP contribution is 2.35. The van der Waals surface area contributed by atoms with E-state index in [-0.39, 0.29) is 11.4 Å². The monoisotopic (exact) mass is 267 g/mol. The molecule has 3 aromatic rings. The maximum Gasteiger partial charge on any atom is 0.248 e. The van der Waals surface area contributed by atoms with Gasteiger partial charge in [-0.1, -0.05) is 41.1 Å². The van der Waals surface area contributed by atoms with Crippen molar-refractivity contribution in [2.45, 2.75) is 6.92 Å². The van der Waals surface area contributed by atoms with Gasteiger partial charge in [0.1, 0.15) is 5.69 Å². The molecule has 0 atom stereocenters. The highest BCUT2D eigenvalue weighted by atomic mass is 16.5. The summed E-state index contributed by atoms with van der Waals surface area (Å²) < 4.78 is 5.09. The summed E-state index contributed by atoms with van der Waals surface area (Å²) in [4.78, 5) is 14.2.